The maximum absolute atomic E-state index is 12.3. The smallest absolute Gasteiger partial charge is 0.279 e. The molecule has 6 nitrogen and oxygen atoms in total. The zero-order valence-electron chi connectivity index (χ0n) is 16.4. The molecule has 152 valence electrons. The fraction of sp³-hybridized carbons (Fsp3) is 0.318. The van der Waals surface area contributed by atoms with Crippen LogP contribution in [0.25, 0.3) is 6.08 Å². The van der Waals surface area contributed by atoms with E-state index in [9.17, 15) is 14.4 Å². The third-order valence-corrected chi connectivity index (χ3v) is 5.98. The molecule has 1 aromatic heterocycles. The van der Waals surface area contributed by atoms with Gasteiger partial charge in [-0.2, -0.15) is 0 Å². The molecule has 1 aliphatic carbocycles. The van der Waals surface area contributed by atoms with Gasteiger partial charge in [0, 0.05) is 23.9 Å². The summed E-state index contributed by atoms with van der Waals surface area (Å²) in [6.07, 6.45) is 6.37. The van der Waals surface area contributed by atoms with Gasteiger partial charge in [0.15, 0.2) is 0 Å². The van der Waals surface area contributed by atoms with Crippen molar-refractivity contribution in [2.45, 2.75) is 32.6 Å². The van der Waals surface area contributed by atoms with Gasteiger partial charge in [-0.1, -0.05) is 37.3 Å². The first-order chi connectivity index (χ1) is 14.0. The molecule has 2 aromatic rings. The van der Waals surface area contributed by atoms with Gasteiger partial charge in [-0.3, -0.25) is 25.2 Å². The molecule has 0 saturated carbocycles. The minimum atomic E-state index is -0.361. The molecule has 3 rings (SSSR count). The van der Waals surface area contributed by atoms with Crippen LogP contribution in [-0.2, 0) is 22.4 Å². The van der Waals surface area contributed by atoms with Crippen molar-refractivity contribution in [3.63, 3.8) is 0 Å². The lowest BCUT2D eigenvalue weighted by atomic mass is 9.90. The van der Waals surface area contributed by atoms with Crippen molar-refractivity contribution in [2.24, 2.45) is 5.92 Å². The van der Waals surface area contributed by atoms with Crippen molar-refractivity contribution >= 4 is 35.1 Å². The van der Waals surface area contributed by atoms with Crippen LogP contribution in [0.3, 0.4) is 0 Å². The Morgan fingerprint density at radius 3 is 2.76 bits per heavy atom. The Morgan fingerprint density at radius 1 is 1.17 bits per heavy atom. The molecule has 1 aromatic carbocycles. The monoisotopic (exact) mass is 411 g/mol. The molecular weight excluding hydrogens is 386 g/mol. The molecule has 0 bridgehead atoms. The molecule has 0 radical (unpaired) electrons. The Bertz CT molecular complexity index is 905. The molecule has 1 heterocycles. The van der Waals surface area contributed by atoms with Crippen LogP contribution in [0.5, 0.6) is 0 Å². The predicted molar refractivity (Wildman–Crippen MR) is 114 cm³/mol. The maximum atomic E-state index is 12.3. The van der Waals surface area contributed by atoms with Crippen LogP contribution in [0.4, 0.5) is 0 Å². The highest BCUT2D eigenvalue weighted by Gasteiger charge is 2.20. The summed E-state index contributed by atoms with van der Waals surface area (Å²) in [4.78, 5) is 37.8. The summed E-state index contributed by atoms with van der Waals surface area (Å²) in [6.45, 7) is 2.40. The average Bonchev–Trinajstić information content (AvgIpc) is 3.14. The topological polar surface area (TPSA) is 87.3 Å². The Balaban J connectivity index is 1.36. The van der Waals surface area contributed by atoms with Crippen molar-refractivity contribution in [1.29, 1.82) is 0 Å². The second-order valence-electron chi connectivity index (χ2n) is 7.19. The molecule has 0 spiro atoms. The van der Waals surface area contributed by atoms with E-state index >= 15 is 0 Å². The molecule has 1 aliphatic rings. The van der Waals surface area contributed by atoms with Crippen molar-refractivity contribution in [1.82, 2.24) is 16.2 Å². The summed E-state index contributed by atoms with van der Waals surface area (Å²) < 4.78 is 0. The number of nitrogens with one attached hydrogen (secondary N) is 3. The van der Waals surface area contributed by atoms with Crippen LogP contribution in [0.2, 0.25) is 0 Å². The van der Waals surface area contributed by atoms with Gasteiger partial charge < -0.3 is 5.32 Å². The van der Waals surface area contributed by atoms with Gasteiger partial charge in [0.1, 0.15) is 0 Å². The molecule has 0 unspecified atom stereocenters. The lowest BCUT2D eigenvalue weighted by Crippen LogP contribution is -2.42. The van der Waals surface area contributed by atoms with E-state index in [0.717, 1.165) is 24.8 Å². The number of hydrazine groups is 1. The van der Waals surface area contributed by atoms with E-state index in [0.29, 0.717) is 10.8 Å². The zero-order valence-corrected chi connectivity index (χ0v) is 17.2. The minimum Gasteiger partial charge on any atom is -0.352 e. The first-order valence-corrected chi connectivity index (χ1v) is 10.5. The molecule has 3 amide bonds. The fourth-order valence-electron chi connectivity index (χ4n) is 3.16. The van der Waals surface area contributed by atoms with Crippen LogP contribution in [-0.4, -0.2) is 24.3 Å². The largest absolute Gasteiger partial charge is 0.352 e. The Labute approximate surface area is 174 Å². The molecular formula is C22H25N3O3S. The van der Waals surface area contributed by atoms with E-state index in [2.05, 4.69) is 23.1 Å². The number of hydrogen-bond acceptors (Lipinski definition) is 4. The SMILES string of the molecule is C[C@@H]1CCc2sc(C(=O)NNC(=O)CCNC(=O)/C=C/c3ccccc3)cc2C1. The van der Waals surface area contributed by atoms with Crippen LogP contribution in [0, 0.1) is 5.92 Å². The summed E-state index contributed by atoms with van der Waals surface area (Å²) in [5.74, 6) is -0.296. The first kappa shape index (κ1) is 20.8. The van der Waals surface area contributed by atoms with Crippen LogP contribution < -0.4 is 16.2 Å². The number of aryl methyl sites for hydroxylation is 1. The lowest BCUT2D eigenvalue weighted by Gasteiger charge is -2.16. The number of amides is 3. The summed E-state index contributed by atoms with van der Waals surface area (Å²) in [5, 5.41) is 2.64. The van der Waals surface area contributed by atoms with E-state index in [1.165, 1.54) is 27.9 Å². The highest BCUT2D eigenvalue weighted by molar-refractivity contribution is 7.14. The van der Waals surface area contributed by atoms with Gasteiger partial charge in [0.25, 0.3) is 5.91 Å². The average molecular weight is 412 g/mol. The number of rotatable bonds is 6. The molecule has 29 heavy (non-hydrogen) atoms. The van der Waals surface area contributed by atoms with Crippen molar-refractivity contribution in [3.05, 3.63) is 63.4 Å². The van der Waals surface area contributed by atoms with Crippen molar-refractivity contribution < 1.29 is 14.4 Å². The van der Waals surface area contributed by atoms with Crippen molar-refractivity contribution in [2.75, 3.05) is 6.54 Å². The number of hydrogen-bond donors (Lipinski definition) is 3. The standard InChI is InChI=1S/C22H25N3O3S/c1-15-7-9-18-17(13-15)14-19(29-18)22(28)25-24-21(27)11-12-23-20(26)10-8-16-5-3-2-4-6-16/h2-6,8,10,14-15H,7,9,11-13H2,1H3,(H,23,26)(H,24,27)(H,25,28)/b10-8+/t15-/m1/s1. The highest BCUT2D eigenvalue weighted by Crippen LogP contribution is 2.32. The minimum absolute atomic E-state index is 0.0731. The van der Waals surface area contributed by atoms with Gasteiger partial charge in [-0.25, -0.2) is 0 Å². The van der Waals surface area contributed by atoms with E-state index in [1.54, 1.807) is 6.08 Å². The molecule has 1 atom stereocenters. The Kier molecular flexibility index (Phi) is 7.19. The quantitative estimate of drug-likeness (QED) is 0.505. The van der Waals surface area contributed by atoms with E-state index < -0.39 is 0 Å². The van der Waals surface area contributed by atoms with Gasteiger partial charge in [-0.15, -0.1) is 11.3 Å². The van der Waals surface area contributed by atoms with Gasteiger partial charge >= 0.3 is 0 Å². The Morgan fingerprint density at radius 2 is 1.97 bits per heavy atom. The number of benzene rings is 1. The third kappa shape index (κ3) is 6.29. The van der Waals surface area contributed by atoms with E-state index in [4.69, 9.17) is 0 Å². The normalized spacial score (nSPS) is 15.6. The number of carbonyl (C=O) groups excluding carboxylic acids is 3. The number of fused-ring (bicyclic) bond motifs is 1. The second-order valence-corrected chi connectivity index (χ2v) is 8.33. The number of thiophene rings is 1. The van der Waals surface area contributed by atoms with Crippen LogP contribution >= 0.6 is 11.3 Å². The van der Waals surface area contributed by atoms with Gasteiger partial charge in [-0.05, 0) is 48.4 Å². The summed E-state index contributed by atoms with van der Waals surface area (Å²) in [7, 11) is 0. The maximum Gasteiger partial charge on any atom is 0.279 e. The fourth-order valence-corrected chi connectivity index (χ4v) is 4.27. The van der Waals surface area contributed by atoms with Crippen LogP contribution in [0.1, 0.15) is 45.4 Å². The summed E-state index contributed by atoms with van der Waals surface area (Å²) in [6, 6.07) is 11.4. The van der Waals surface area contributed by atoms with E-state index in [-0.39, 0.29) is 30.7 Å². The molecule has 7 heteroatoms. The predicted octanol–water partition coefficient (Wildman–Crippen LogP) is 2.85. The third-order valence-electron chi connectivity index (χ3n) is 4.75. The van der Waals surface area contributed by atoms with Gasteiger partial charge in [0.2, 0.25) is 11.8 Å². The first-order valence-electron chi connectivity index (χ1n) is 9.73. The number of carbonyl (C=O) groups is 3. The van der Waals surface area contributed by atoms with Gasteiger partial charge in [0.05, 0.1) is 4.88 Å². The molecule has 0 saturated heterocycles. The Hall–Kier alpha value is -2.93. The highest BCUT2D eigenvalue weighted by atomic mass is 32.1. The van der Waals surface area contributed by atoms with E-state index in [1.807, 2.05) is 36.4 Å². The molecule has 0 aliphatic heterocycles. The molecule has 3 N–H and O–H groups in total. The lowest BCUT2D eigenvalue weighted by molar-refractivity contribution is -0.122. The molecule has 0 fully saturated rings. The van der Waals surface area contributed by atoms with Crippen LogP contribution in [0.15, 0.2) is 42.5 Å². The second kappa shape index (κ2) is 10.0. The summed E-state index contributed by atoms with van der Waals surface area (Å²) >= 11 is 1.49. The summed E-state index contributed by atoms with van der Waals surface area (Å²) in [5.41, 5.74) is 7.02. The zero-order chi connectivity index (χ0) is 20.6. The van der Waals surface area contributed by atoms with Crippen molar-refractivity contribution in [3.8, 4) is 0 Å².